The Labute approximate surface area is 110 Å². The summed E-state index contributed by atoms with van der Waals surface area (Å²) in [7, 11) is 0. The Morgan fingerprint density at radius 3 is 2.88 bits per heavy atom. The summed E-state index contributed by atoms with van der Waals surface area (Å²) in [5.41, 5.74) is 0.279. The van der Waals surface area contributed by atoms with Crippen molar-refractivity contribution >= 4 is 16.9 Å². The van der Waals surface area contributed by atoms with E-state index in [9.17, 15) is 0 Å². The molecule has 1 N–H and O–H groups in total. The van der Waals surface area contributed by atoms with Crippen molar-refractivity contribution in [2.45, 2.75) is 70.9 Å². The molecule has 1 heterocycles. The second kappa shape index (κ2) is 5.64. The van der Waals surface area contributed by atoms with Crippen molar-refractivity contribution in [3.8, 4) is 0 Å². The molecule has 0 aromatic rings. The summed E-state index contributed by atoms with van der Waals surface area (Å²) < 4.78 is 0. The molecule has 2 rings (SSSR count). The molecule has 2 aliphatic rings. The van der Waals surface area contributed by atoms with Crippen molar-refractivity contribution in [2.75, 3.05) is 5.75 Å². The van der Waals surface area contributed by atoms with Gasteiger partial charge in [0.1, 0.15) is 0 Å². The van der Waals surface area contributed by atoms with Gasteiger partial charge in [-0.25, -0.2) is 0 Å². The van der Waals surface area contributed by atoms with Crippen molar-refractivity contribution in [3.63, 3.8) is 0 Å². The molecule has 0 radical (unpaired) electrons. The quantitative estimate of drug-likeness (QED) is 0.758. The lowest BCUT2D eigenvalue weighted by Crippen LogP contribution is -2.40. The molecule has 2 fully saturated rings. The molecule has 3 unspecified atom stereocenters. The van der Waals surface area contributed by atoms with Gasteiger partial charge in [-0.15, -0.1) is 0 Å². The fourth-order valence-electron chi connectivity index (χ4n) is 2.58. The van der Waals surface area contributed by atoms with Crippen molar-refractivity contribution in [1.29, 1.82) is 0 Å². The maximum absolute atomic E-state index is 4.94. The van der Waals surface area contributed by atoms with Gasteiger partial charge in [0.25, 0.3) is 0 Å². The summed E-state index contributed by atoms with van der Waals surface area (Å²) in [6, 6.07) is 0.578. The van der Waals surface area contributed by atoms with E-state index in [0.717, 1.165) is 5.92 Å². The first-order chi connectivity index (χ1) is 8.11. The second-order valence-electron chi connectivity index (χ2n) is 6.03. The van der Waals surface area contributed by atoms with Crippen LogP contribution in [-0.2, 0) is 0 Å². The molecule has 1 aliphatic heterocycles. The first-order valence-electron chi connectivity index (χ1n) is 7.10. The van der Waals surface area contributed by atoms with E-state index in [2.05, 4.69) is 26.1 Å². The van der Waals surface area contributed by atoms with Gasteiger partial charge < -0.3 is 5.32 Å². The van der Waals surface area contributed by atoms with Gasteiger partial charge in [-0.3, -0.25) is 4.99 Å². The van der Waals surface area contributed by atoms with E-state index in [1.165, 1.54) is 49.4 Å². The van der Waals surface area contributed by atoms with Crippen LogP contribution < -0.4 is 5.32 Å². The monoisotopic (exact) mass is 254 g/mol. The van der Waals surface area contributed by atoms with E-state index >= 15 is 0 Å². The van der Waals surface area contributed by atoms with E-state index < -0.39 is 0 Å². The summed E-state index contributed by atoms with van der Waals surface area (Å²) in [5, 5.41) is 4.81. The molecule has 17 heavy (non-hydrogen) atoms. The van der Waals surface area contributed by atoms with E-state index in [4.69, 9.17) is 4.99 Å². The number of hydrogen-bond donors (Lipinski definition) is 1. The molecule has 3 heteroatoms. The number of rotatable bonds is 2. The highest BCUT2D eigenvalue weighted by atomic mass is 32.2. The van der Waals surface area contributed by atoms with Crippen LogP contribution in [0.3, 0.4) is 0 Å². The largest absolute Gasteiger partial charge is 0.359 e. The van der Waals surface area contributed by atoms with E-state index in [0.29, 0.717) is 6.04 Å². The molecule has 0 amide bonds. The summed E-state index contributed by atoms with van der Waals surface area (Å²) >= 11 is 1.91. The molecule has 0 aromatic heterocycles. The molecule has 98 valence electrons. The Bertz CT molecular complexity index is 290. The zero-order valence-corrected chi connectivity index (χ0v) is 12.3. The van der Waals surface area contributed by atoms with Crippen molar-refractivity contribution in [1.82, 2.24) is 5.32 Å². The second-order valence-corrected chi connectivity index (χ2v) is 6.99. The topological polar surface area (TPSA) is 24.4 Å². The highest BCUT2D eigenvalue weighted by molar-refractivity contribution is 8.14. The number of aliphatic imine (C=N–C) groups is 1. The van der Waals surface area contributed by atoms with Gasteiger partial charge in [-0.05, 0) is 38.5 Å². The number of amidine groups is 1. The SMILES string of the molecule is CCC1(C)CSC(=NC2CCCC(C)CC2)N1. The molecule has 1 saturated carbocycles. The predicted octanol–water partition coefficient (Wildman–Crippen LogP) is 3.82. The minimum atomic E-state index is 0.279. The van der Waals surface area contributed by atoms with Gasteiger partial charge >= 0.3 is 0 Å². The summed E-state index contributed by atoms with van der Waals surface area (Å²) in [4.78, 5) is 4.94. The third-order valence-corrected chi connectivity index (χ3v) is 5.51. The van der Waals surface area contributed by atoms with Gasteiger partial charge in [-0.2, -0.15) is 0 Å². The Morgan fingerprint density at radius 2 is 2.18 bits per heavy atom. The minimum Gasteiger partial charge on any atom is -0.359 e. The molecule has 0 aromatic carbocycles. The van der Waals surface area contributed by atoms with Gasteiger partial charge in [0, 0.05) is 11.3 Å². The van der Waals surface area contributed by atoms with Crippen LogP contribution in [0.2, 0.25) is 0 Å². The van der Waals surface area contributed by atoms with E-state index in [1.807, 2.05) is 11.8 Å². The Morgan fingerprint density at radius 1 is 1.35 bits per heavy atom. The molecule has 1 saturated heterocycles. The lowest BCUT2D eigenvalue weighted by Gasteiger charge is -2.21. The highest BCUT2D eigenvalue weighted by Gasteiger charge is 2.31. The van der Waals surface area contributed by atoms with Crippen LogP contribution in [0.15, 0.2) is 4.99 Å². The van der Waals surface area contributed by atoms with Crippen molar-refractivity contribution in [2.24, 2.45) is 10.9 Å². The molecular weight excluding hydrogens is 228 g/mol. The first-order valence-corrected chi connectivity index (χ1v) is 8.08. The standard InChI is InChI=1S/C14H26N2S/c1-4-14(3)10-17-13(16-14)15-12-7-5-6-11(2)8-9-12/h11-12H,4-10H2,1-3H3,(H,15,16). The zero-order chi connectivity index (χ0) is 12.3. The van der Waals surface area contributed by atoms with Crippen LogP contribution >= 0.6 is 11.8 Å². The van der Waals surface area contributed by atoms with Crippen LogP contribution in [0.1, 0.15) is 59.3 Å². The van der Waals surface area contributed by atoms with Gasteiger partial charge in [0.15, 0.2) is 5.17 Å². The fourth-order valence-corrected chi connectivity index (χ4v) is 3.85. The first kappa shape index (κ1) is 13.3. The molecule has 3 atom stereocenters. The zero-order valence-electron chi connectivity index (χ0n) is 11.5. The maximum Gasteiger partial charge on any atom is 0.157 e. The molecule has 0 spiro atoms. The Hall–Kier alpha value is -0.180. The van der Waals surface area contributed by atoms with Crippen LogP contribution in [0.5, 0.6) is 0 Å². The molecular formula is C14H26N2S. The molecule has 1 aliphatic carbocycles. The number of nitrogens with zero attached hydrogens (tertiary/aromatic N) is 1. The summed E-state index contributed by atoms with van der Waals surface area (Å²) in [6.07, 6.45) is 7.87. The van der Waals surface area contributed by atoms with Crippen LogP contribution in [-0.4, -0.2) is 22.5 Å². The Kier molecular flexibility index (Phi) is 4.40. The van der Waals surface area contributed by atoms with E-state index in [1.54, 1.807) is 0 Å². The minimum absolute atomic E-state index is 0.279. The third kappa shape index (κ3) is 3.64. The van der Waals surface area contributed by atoms with Gasteiger partial charge in [0.2, 0.25) is 0 Å². The van der Waals surface area contributed by atoms with Crippen LogP contribution in [0, 0.1) is 5.92 Å². The third-order valence-electron chi connectivity index (χ3n) is 4.24. The summed E-state index contributed by atoms with van der Waals surface area (Å²) in [5.74, 6) is 2.08. The average Bonchev–Trinajstić information content (AvgIpc) is 2.56. The van der Waals surface area contributed by atoms with Gasteiger partial charge in [-0.1, -0.05) is 38.5 Å². The van der Waals surface area contributed by atoms with Crippen molar-refractivity contribution in [3.05, 3.63) is 0 Å². The lowest BCUT2D eigenvalue weighted by atomic mass is 10.0. The van der Waals surface area contributed by atoms with Gasteiger partial charge in [0.05, 0.1) is 6.04 Å². The Balaban J connectivity index is 1.91. The maximum atomic E-state index is 4.94. The molecule has 2 nitrogen and oxygen atoms in total. The average molecular weight is 254 g/mol. The number of thioether (sulfide) groups is 1. The normalized spacial score (nSPS) is 41.2. The highest BCUT2D eigenvalue weighted by Crippen LogP contribution is 2.29. The lowest BCUT2D eigenvalue weighted by molar-refractivity contribution is 0.463. The summed E-state index contributed by atoms with van der Waals surface area (Å²) in [6.45, 7) is 6.94. The number of nitrogens with one attached hydrogen (secondary N) is 1. The smallest absolute Gasteiger partial charge is 0.157 e. The predicted molar refractivity (Wildman–Crippen MR) is 77.8 cm³/mol. The number of hydrogen-bond acceptors (Lipinski definition) is 2. The van der Waals surface area contributed by atoms with E-state index in [-0.39, 0.29) is 5.54 Å². The van der Waals surface area contributed by atoms with Crippen molar-refractivity contribution < 1.29 is 0 Å². The molecule has 0 bridgehead atoms. The van der Waals surface area contributed by atoms with Crippen LogP contribution in [0.25, 0.3) is 0 Å². The van der Waals surface area contributed by atoms with Crippen LogP contribution in [0.4, 0.5) is 0 Å². The fraction of sp³-hybridized carbons (Fsp3) is 0.929.